The minimum atomic E-state index is -0.610. The maximum absolute atomic E-state index is 10.7. The number of aliphatic hydroxyl groups is 2. The van der Waals surface area contributed by atoms with Crippen molar-refractivity contribution in [2.45, 2.75) is 77.4 Å². The molecular formula is C16H28O2. The zero-order valence-corrected chi connectivity index (χ0v) is 12.3. The molecule has 4 rings (SSSR count). The van der Waals surface area contributed by atoms with Crippen molar-refractivity contribution in [3.05, 3.63) is 0 Å². The van der Waals surface area contributed by atoms with E-state index in [1.165, 1.54) is 32.1 Å². The van der Waals surface area contributed by atoms with E-state index in [0.29, 0.717) is 0 Å². The van der Waals surface area contributed by atoms with E-state index in [0.717, 1.165) is 18.3 Å². The predicted molar refractivity (Wildman–Crippen MR) is 72.1 cm³/mol. The first-order valence-electron chi connectivity index (χ1n) is 7.52. The minimum absolute atomic E-state index is 0.0527. The van der Waals surface area contributed by atoms with Gasteiger partial charge in [-0.25, -0.2) is 0 Å². The molecule has 2 heteroatoms. The molecule has 0 aromatic carbocycles. The molecule has 4 fully saturated rings. The van der Waals surface area contributed by atoms with E-state index >= 15 is 0 Å². The van der Waals surface area contributed by atoms with Gasteiger partial charge in [0.1, 0.15) is 0 Å². The molecule has 4 aliphatic carbocycles. The highest BCUT2D eigenvalue weighted by Gasteiger charge is 2.65. The van der Waals surface area contributed by atoms with Crippen molar-refractivity contribution in [1.82, 2.24) is 0 Å². The summed E-state index contributed by atoms with van der Waals surface area (Å²) >= 11 is 0. The van der Waals surface area contributed by atoms with Crippen molar-refractivity contribution in [2.75, 3.05) is 0 Å². The molecule has 0 radical (unpaired) electrons. The van der Waals surface area contributed by atoms with E-state index in [9.17, 15) is 10.2 Å². The van der Waals surface area contributed by atoms with Crippen LogP contribution in [0.1, 0.15) is 66.2 Å². The van der Waals surface area contributed by atoms with Gasteiger partial charge in [-0.05, 0) is 88.9 Å². The van der Waals surface area contributed by atoms with Crippen LogP contribution in [-0.2, 0) is 0 Å². The Kier molecular flexibility index (Phi) is 2.39. The molecule has 0 aromatic rings. The standard InChI is InChI=1S/C16H28O2/c1-13(2,17)15-6-11-5-12(7-15)9-16(8-11,10-15)14(3,4)18/h11-12,17-18H,5-10H2,1-4H3. The molecule has 0 atom stereocenters. The van der Waals surface area contributed by atoms with Crippen molar-refractivity contribution < 1.29 is 10.2 Å². The van der Waals surface area contributed by atoms with Crippen LogP contribution in [0.15, 0.2) is 0 Å². The molecule has 0 aliphatic heterocycles. The van der Waals surface area contributed by atoms with E-state index in [4.69, 9.17) is 0 Å². The average Bonchev–Trinajstić information content (AvgIpc) is 2.11. The average molecular weight is 252 g/mol. The minimum Gasteiger partial charge on any atom is -0.390 e. The third-order valence-corrected chi connectivity index (χ3v) is 6.66. The van der Waals surface area contributed by atoms with Gasteiger partial charge in [-0.1, -0.05) is 0 Å². The van der Waals surface area contributed by atoms with Crippen LogP contribution in [0.5, 0.6) is 0 Å². The summed E-state index contributed by atoms with van der Waals surface area (Å²) in [5, 5.41) is 21.4. The van der Waals surface area contributed by atoms with Gasteiger partial charge in [-0.15, -0.1) is 0 Å². The van der Waals surface area contributed by atoms with Gasteiger partial charge in [0.2, 0.25) is 0 Å². The summed E-state index contributed by atoms with van der Waals surface area (Å²) in [5.74, 6) is 1.45. The normalized spacial score (nSPS) is 47.7. The molecule has 0 unspecified atom stereocenters. The highest BCUT2D eigenvalue weighted by Crippen LogP contribution is 2.70. The largest absolute Gasteiger partial charge is 0.390 e. The van der Waals surface area contributed by atoms with Gasteiger partial charge in [-0.2, -0.15) is 0 Å². The Balaban J connectivity index is 2.03. The van der Waals surface area contributed by atoms with Gasteiger partial charge in [0.15, 0.2) is 0 Å². The Morgan fingerprint density at radius 2 is 1.11 bits per heavy atom. The molecule has 4 aliphatic rings. The van der Waals surface area contributed by atoms with Crippen LogP contribution in [0.4, 0.5) is 0 Å². The van der Waals surface area contributed by atoms with Crippen LogP contribution in [-0.4, -0.2) is 21.4 Å². The topological polar surface area (TPSA) is 40.5 Å². The van der Waals surface area contributed by atoms with E-state index < -0.39 is 11.2 Å². The van der Waals surface area contributed by atoms with Crippen LogP contribution in [0.3, 0.4) is 0 Å². The molecule has 0 saturated heterocycles. The summed E-state index contributed by atoms with van der Waals surface area (Å²) in [6, 6.07) is 0. The summed E-state index contributed by atoms with van der Waals surface area (Å²) in [6.07, 6.45) is 7.03. The second-order valence-corrected chi connectivity index (χ2v) is 8.64. The molecule has 4 bridgehead atoms. The van der Waals surface area contributed by atoms with Gasteiger partial charge >= 0.3 is 0 Å². The molecule has 2 nitrogen and oxygen atoms in total. The predicted octanol–water partition coefficient (Wildman–Crippen LogP) is 3.11. The molecule has 0 heterocycles. The summed E-state index contributed by atoms with van der Waals surface area (Å²) in [6.45, 7) is 7.94. The van der Waals surface area contributed by atoms with E-state index in [2.05, 4.69) is 0 Å². The van der Waals surface area contributed by atoms with Crippen LogP contribution in [0, 0.1) is 22.7 Å². The molecule has 0 aromatic heterocycles. The van der Waals surface area contributed by atoms with E-state index in [-0.39, 0.29) is 10.8 Å². The van der Waals surface area contributed by atoms with E-state index in [1.807, 2.05) is 27.7 Å². The lowest BCUT2D eigenvalue weighted by atomic mass is 9.38. The van der Waals surface area contributed by atoms with Crippen LogP contribution in [0.2, 0.25) is 0 Å². The second-order valence-electron chi connectivity index (χ2n) is 8.64. The van der Waals surface area contributed by atoms with Gasteiger partial charge in [0, 0.05) is 0 Å². The van der Waals surface area contributed by atoms with Gasteiger partial charge in [-0.3, -0.25) is 0 Å². The van der Waals surface area contributed by atoms with Crippen molar-refractivity contribution in [2.24, 2.45) is 22.7 Å². The van der Waals surface area contributed by atoms with Gasteiger partial charge in [0.25, 0.3) is 0 Å². The summed E-state index contributed by atoms with van der Waals surface area (Å²) in [4.78, 5) is 0. The fourth-order valence-corrected chi connectivity index (χ4v) is 5.69. The number of rotatable bonds is 2. The lowest BCUT2D eigenvalue weighted by Crippen LogP contribution is -2.64. The summed E-state index contributed by atoms with van der Waals surface area (Å²) < 4.78 is 0. The molecule has 0 spiro atoms. The van der Waals surface area contributed by atoms with E-state index in [1.54, 1.807) is 0 Å². The Hall–Kier alpha value is -0.0800. The van der Waals surface area contributed by atoms with Crippen molar-refractivity contribution >= 4 is 0 Å². The summed E-state index contributed by atoms with van der Waals surface area (Å²) in [5.41, 5.74) is -1.11. The van der Waals surface area contributed by atoms with Gasteiger partial charge < -0.3 is 10.2 Å². The van der Waals surface area contributed by atoms with Crippen LogP contribution >= 0.6 is 0 Å². The first-order valence-corrected chi connectivity index (χ1v) is 7.52. The molecule has 104 valence electrons. The fraction of sp³-hybridized carbons (Fsp3) is 1.00. The first kappa shape index (κ1) is 12.9. The van der Waals surface area contributed by atoms with Crippen molar-refractivity contribution in [3.63, 3.8) is 0 Å². The van der Waals surface area contributed by atoms with Crippen molar-refractivity contribution in [1.29, 1.82) is 0 Å². The second kappa shape index (κ2) is 3.32. The SMILES string of the molecule is CC(C)(O)C12CC3CC(C1)CC(C(C)(C)O)(C3)C2. The monoisotopic (exact) mass is 252 g/mol. The quantitative estimate of drug-likeness (QED) is 0.792. The molecule has 0 amide bonds. The van der Waals surface area contributed by atoms with Crippen molar-refractivity contribution in [3.8, 4) is 0 Å². The maximum Gasteiger partial charge on any atom is 0.0648 e. The third-order valence-electron chi connectivity index (χ3n) is 6.66. The van der Waals surface area contributed by atoms with Gasteiger partial charge in [0.05, 0.1) is 11.2 Å². The van der Waals surface area contributed by atoms with Crippen LogP contribution < -0.4 is 0 Å². The Bertz CT molecular complexity index is 312. The molecule has 2 N–H and O–H groups in total. The number of hydrogen-bond acceptors (Lipinski definition) is 2. The Labute approximate surface area is 111 Å². The lowest BCUT2D eigenvalue weighted by molar-refractivity contribution is -0.236. The number of hydrogen-bond donors (Lipinski definition) is 2. The summed E-state index contributed by atoms with van der Waals surface area (Å²) in [7, 11) is 0. The smallest absolute Gasteiger partial charge is 0.0648 e. The zero-order chi connectivity index (χ0) is 13.4. The molecular weight excluding hydrogens is 224 g/mol. The maximum atomic E-state index is 10.7. The highest BCUT2D eigenvalue weighted by atomic mass is 16.3. The van der Waals surface area contributed by atoms with Crippen LogP contribution in [0.25, 0.3) is 0 Å². The molecule has 18 heavy (non-hydrogen) atoms. The highest BCUT2D eigenvalue weighted by molar-refractivity contribution is 5.15. The first-order chi connectivity index (χ1) is 8.07. The third kappa shape index (κ3) is 1.54. The lowest BCUT2D eigenvalue weighted by Gasteiger charge is -2.68. The zero-order valence-electron chi connectivity index (χ0n) is 12.3. The Morgan fingerprint density at radius 3 is 1.39 bits per heavy atom. The fourth-order valence-electron chi connectivity index (χ4n) is 5.69. The molecule has 4 saturated carbocycles. The Morgan fingerprint density at radius 1 is 0.778 bits per heavy atom.